The summed E-state index contributed by atoms with van der Waals surface area (Å²) in [6.45, 7) is 7.28. The Morgan fingerprint density at radius 1 is 1.32 bits per heavy atom. The molecule has 2 saturated carbocycles. The van der Waals surface area contributed by atoms with Crippen molar-refractivity contribution in [2.45, 2.75) is 46.1 Å². The Bertz CT molecular complexity index is 509. The number of hydrogen-bond acceptors (Lipinski definition) is 1. The molecule has 0 saturated heterocycles. The first-order valence-corrected chi connectivity index (χ1v) is 8.22. The Kier molecular flexibility index (Phi) is 3.18. The lowest BCUT2D eigenvalue weighted by molar-refractivity contribution is 0.155. The third-order valence-corrected chi connectivity index (χ3v) is 6.73. The summed E-state index contributed by atoms with van der Waals surface area (Å²) in [5, 5.41) is 4.54. The molecule has 0 spiro atoms. The molecule has 3 heteroatoms. The Hall–Kier alpha value is -0.210. The predicted molar refractivity (Wildman–Crippen MR) is 85.8 cm³/mol. The van der Waals surface area contributed by atoms with Crippen molar-refractivity contribution >= 4 is 33.2 Å². The first-order valence-electron chi connectivity index (χ1n) is 7.04. The van der Waals surface area contributed by atoms with Gasteiger partial charge in [0.05, 0.1) is 5.02 Å². The molecule has 19 heavy (non-hydrogen) atoms. The minimum absolute atomic E-state index is 0.368. The van der Waals surface area contributed by atoms with Crippen molar-refractivity contribution in [2.24, 2.45) is 16.7 Å². The van der Waals surface area contributed by atoms with Gasteiger partial charge in [0, 0.05) is 16.2 Å². The number of benzene rings is 1. The molecular formula is C16H21BrClN. The number of halogens is 2. The summed E-state index contributed by atoms with van der Waals surface area (Å²) in [5.41, 5.74) is 1.94. The molecule has 0 radical (unpaired) electrons. The normalized spacial score (nSPS) is 35.6. The summed E-state index contributed by atoms with van der Waals surface area (Å²) in [7, 11) is 0. The van der Waals surface area contributed by atoms with Crippen molar-refractivity contribution in [1.29, 1.82) is 0 Å². The van der Waals surface area contributed by atoms with Crippen LogP contribution in [0.25, 0.3) is 0 Å². The molecule has 1 nitrogen and oxygen atoms in total. The highest BCUT2D eigenvalue weighted by Gasteiger charge is 2.59. The van der Waals surface area contributed by atoms with E-state index in [1.807, 2.05) is 12.1 Å². The van der Waals surface area contributed by atoms with E-state index in [1.54, 1.807) is 0 Å². The van der Waals surface area contributed by atoms with E-state index < -0.39 is 0 Å². The van der Waals surface area contributed by atoms with E-state index in [0.717, 1.165) is 21.1 Å². The standard InChI is InChI=1S/C16H21BrClN/c1-15(2)10-6-7-16(3,9-10)14(15)19-11-4-5-12(17)13(18)8-11/h4-5,8,10,14,19H,6-7,9H2,1-3H3/t10-,14?,16+/m0/s1. The maximum absolute atomic E-state index is 6.20. The lowest BCUT2D eigenvalue weighted by Gasteiger charge is -2.43. The highest BCUT2D eigenvalue weighted by Crippen LogP contribution is 2.63. The van der Waals surface area contributed by atoms with Crippen LogP contribution >= 0.6 is 27.5 Å². The van der Waals surface area contributed by atoms with Crippen LogP contribution in [0.1, 0.15) is 40.0 Å². The van der Waals surface area contributed by atoms with E-state index in [4.69, 9.17) is 11.6 Å². The zero-order valence-electron chi connectivity index (χ0n) is 11.8. The Morgan fingerprint density at radius 2 is 2.05 bits per heavy atom. The average molecular weight is 343 g/mol. The van der Waals surface area contributed by atoms with Crippen molar-refractivity contribution in [3.8, 4) is 0 Å². The molecule has 3 atom stereocenters. The van der Waals surface area contributed by atoms with Crippen LogP contribution in [0.4, 0.5) is 5.69 Å². The number of rotatable bonds is 2. The lowest BCUT2D eigenvalue weighted by Crippen LogP contribution is -2.45. The van der Waals surface area contributed by atoms with Gasteiger partial charge in [0.2, 0.25) is 0 Å². The van der Waals surface area contributed by atoms with Crippen LogP contribution < -0.4 is 5.32 Å². The topological polar surface area (TPSA) is 12.0 Å². The van der Waals surface area contributed by atoms with E-state index in [0.29, 0.717) is 16.9 Å². The van der Waals surface area contributed by atoms with E-state index in [-0.39, 0.29) is 0 Å². The molecule has 0 heterocycles. The fourth-order valence-corrected chi connectivity index (χ4v) is 4.84. The summed E-state index contributed by atoms with van der Waals surface area (Å²) >= 11 is 9.65. The summed E-state index contributed by atoms with van der Waals surface area (Å²) in [5.74, 6) is 0.862. The van der Waals surface area contributed by atoms with Gasteiger partial charge in [-0.25, -0.2) is 0 Å². The first kappa shape index (κ1) is 13.8. The summed E-state index contributed by atoms with van der Waals surface area (Å²) in [6.07, 6.45) is 4.10. The summed E-state index contributed by atoms with van der Waals surface area (Å²) in [4.78, 5) is 0. The van der Waals surface area contributed by atoms with Crippen molar-refractivity contribution in [1.82, 2.24) is 0 Å². The minimum atomic E-state index is 0.368. The third kappa shape index (κ3) is 2.12. The predicted octanol–water partition coefficient (Wildman–Crippen LogP) is 5.73. The van der Waals surface area contributed by atoms with E-state index in [2.05, 4.69) is 48.1 Å². The fourth-order valence-electron chi connectivity index (χ4n) is 4.41. The molecule has 0 amide bonds. The van der Waals surface area contributed by atoms with Crippen LogP contribution in [0.3, 0.4) is 0 Å². The van der Waals surface area contributed by atoms with Crippen molar-refractivity contribution in [3.63, 3.8) is 0 Å². The Balaban J connectivity index is 1.88. The van der Waals surface area contributed by atoms with Gasteiger partial charge in [-0.2, -0.15) is 0 Å². The maximum atomic E-state index is 6.20. The van der Waals surface area contributed by atoms with E-state index in [1.165, 1.54) is 19.3 Å². The molecule has 2 bridgehead atoms. The molecular weight excluding hydrogens is 322 g/mol. The van der Waals surface area contributed by atoms with Crippen LogP contribution in [0.2, 0.25) is 5.02 Å². The summed E-state index contributed by atoms with van der Waals surface area (Å²) in [6, 6.07) is 6.70. The van der Waals surface area contributed by atoms with Gasteiger partial charge in [0.25, 0.3) is 0 Å². The first-order chi connectivity index (χ1) is 8.83. The van der Waals surface area contributed by atoms with Gasteiger partial charge >= 0.3 is 0 Å². The van der Waals surface area contributed by atoms with Gasteiger partial charge in [0.15, 0.2) is 0 Å². The molecule has 2 aliphatic carbocycles. The molecule has 2 fully saturated rings. The third-order valence-electron chi connectivity index (χ3n) is 5.50. The second kappa shape index (κ2) is 4.39. The number of anilines is 1. The van der Waals surface area contributed by atoms with Crippen LogP contribution in [0, 0.1) is 16.7 Å². The number of hydrogen-bond donors (Lipinski definition) is 1. The second-order valence-corrected chi connectivity index (χ2v) is 8.38. The smallest absolute Gasteiger partial charge is 0.0568 e. The molecule has 0 aliphatic heterocycles. The van der Waals surface area contributed by atoms with Gasteiger partial charge in [-0.1, -0.05) is 32.4 Å². The number of fused-ring (bicyclic) bond motifs is 2. The molecule has 3 rings (SSSR count). The van der Waals surface area contributed by atoms with Crippen LogP contribution in [-0.4, -0.2) is 6.04 Å². The molecule has 1 unspecified atom stereocenters. The maximum Gasteiger partial charge on any atom is 0.0568 e. The summed E-state index contributed by atoms with van der Waals surface area (Å²) < 4.78 is 0.957. The zero-order valence-corrected chi connectivity index (χ0v) is 14.1. The van der Waals surface area contributed by atoms with Crippen LogP contribution in [0.15, 0.2) is 22.7 Å². The minimum Gasteiger partial charge on any atom is -0.381 e. The fraction of sp³-hybridized carbons (Fsp3) is 0.625. The van der Waals surface area contributed by atoms with Crippen molar-refractivity contribution in [2.75, 3.05) is 5.32 Å². The molecule has 0 aromatic heterocycles. The van der Waals surface area contributed by atoms with Gasteiger partial charge in [0.1, 0.15) is 0 Å². The van der Waals surface area contributed by atoms with Crippen molar-refractivity contribution in [3.05, 3.63) is 27.7 Å². The quantitative estimate of drug-likeness (QED) is 0.723. The molecule has 1 aromatic carbocycles. The Morgan fingerprint density at radius 3 is 2.63 bits per heavy atom. The highest BCUT2D eigenvalue weighted by molar-refractivity contribution is 9.10. The Labute approximate surface area is 129 Å². The van der Waals surface area contributed by atoms with Gasteiger partial charge in [-0.3, -0.25) is 0 Å². The monoisotopic (exact) mass is 341 g/mol. The van der Waals surface area contributed by atoms with Gasteiger partial charge in [-0.15, -0.1) is 0 Å². The molecule has 2 aliphatic rings. The van der Waals surface area contributed by atoms with Gasteiger partial charge in [-0.05, 0) is 70.1 Å². The van der Waals surface area contributed by atoms with Crippen LogP contribution in [0.5, 0.6) is 0 Å². The van der Waals surface area contributed by atoms with E-state index >= 15 is 0 Å². The SMILES string of the molecule is CC1(C)C(Nc2ccc(Br)c(Cl)c2)[C@]2(C)CC[C@H]1C2. The molecule has 1 N–H and O–H groups in total. The molecule has 1 aromatic rings. The second-order valence-electron chi connectivity index (χ2n) is 7.12. The van der Waals surface area contributed by atoms with E-state index in [9.17, 15) is 0 Å². The van der Waals surface area contributed by atoms with Crippen LogP contribution in [-0.2, 0) is 0 Å². The van der Waals surface area contributed by atoms with Gasteiger partial charge < -0.3 is 5.32 Å². The average Bonchev–Trinajstić information content (AvgIpc) is 2.80. The zero-order chi connectivity index (χ0) is 13.8. The lowest BCUT2D eigenvalue weighted by atomic mass is 9.68. The van der Waals surface area contributed by atoms with Crippen molar-refractivity contribution < 1.29 is 0 Å². The largest absolute Gasteiger partial charge is 0.381 e. The number of nitrogens with one attached hydrogen (secondary N) is 1. The molecule has 104 valence electrons. The highest BCUT2D eigenvalue weighted by atomic mass is 79.9.